The van der Waals surface area contributed by atoms with Gasteiger partial charge in [-0.05, 0) is 29.8 Å². The number of nitro benzene ring substituents is 1. The molecule has 0 saturated heterocycles. The van der Waals surface area contributed by atoms with Gasteiger partial charge in [0.25, 0.3) is 11.6 Å². The van der Waals surface area contributed by atoms with Gasteiger partial charge < -0.3 is 4.74 Å². The number of nitrogens with one attached hydrogen (secondary N) is 1. The Morgan fingerprint density at radius 3 is 2.48 bits per heavy atom. The molecular formula is C15H12ClN3O4. The summed E-state index contributed by atoms with van der Waals surface area (Å²) in [6.45, 7) is -0.254. The third-order valence-electron chi connectivity index (χ3n) is 2.69. The topological polar surface area (TPSA) is 93.8 Å². The number of hydrogen-bond acceptors (Lipinski definition) is 5. The molecular weight excluding hydrogens is 322 g/mol. The van der Waals surface area contributed by atoms with Crippen LogP contribution in [0, 0.1) is 10.1 Å². The highest BCUT2D eigenvalue weighted by Gasteiger charge is 2.06. The van der Waals surface area contributed by atoms with Crippen molar-refractivity contribution in [3.63, 3.8) is 0 Å². The molecule has 2 aromatic carbocycles. The summed E-state index contributed by atoms with van der Waals surface area (Å²) in [5.74, 6) is -0.0963. The van der Waals surface area contributed by atoms with Crippen molar-refractivity contribution in [2.24, 2.45) is 5.10 Å². The summed E-state index contributed by atoms with van der Waals surface area (Å²) in [5, 5.41) is 14.9. The number of halogens is 1. The fourth-order valence-corrected chi connectivity index (χ4v) is 1.70. The van der Waals surface area contributed by atoms with Gasteiger partial charge in [0, 0.05) is 17.2 Å². The van der Waals surface area contributed by atoms with Gasteiger partial charge in [0.05, 0.1) is 11.1 Å². The van der Waals surface area contributed by atoms with Gasteiger partial charge in [0.1, 0.15) is 5.75 Å². The number of benzene rings is 2. The number of nitrogens with zero attached hydrogens (tertiary/aromatic N) is 2. The molecule has 1 N–H and O–H groups in total. The Morgan fingerprint density at radius 2 is 1.87 bits per heavy atom. The minimum atomic E-state index is -0.512. The molecule has 8 heteroatoms. The van der Waals surface area contributed by atoms with E-state index in [2.05, 4.69) is 10.5 Å². The Bertz CT molecular complexity index is 715. The maximum Gasteiger partial charge on any atom is 0.277 e. The largest absolute Gasteiger partial charge is 0.484 e. The molecule has 0 saturated carbocycles. The first-order valence-corrected chi connectivity index (χ1v) is 6.87. The van der Waals surface area contributed by atoms with Gasteiger partial charge in [-0.2, -0.15) is 5.10 Å². The zero-order valence-corrected chi connectivity index (χ0v) is 12.6. The fourth-order valence-electron chi connectivity index (χ4n) is 1.57. The van der Waals surface area contributed by atoms with Crippen LogP contribution in [0.4, 0.5) is 5.69 Å². The highest BCUT2D eigenvalue weighted by Crippen LogP contribution is 2.17. The van der Waals surface area contributed by atoms with Crippen LogP contribution in [0.2, 0.25) is 5.02 Å². The van der Waals surface area contributed by atoms with Crippen molar-refractivity contribution < 1.29 is 14.5 Å². The highest BCUT2D eigenvalue weighted by molar-refractivity contribution is 6.30. The number of carbonyl (C=O) groups is 1. The molecule has 0 aliphatic heterocycles. The van der Waals surface area contributed by atoms with Crippen LogP contribution < -0.4 is 10.2 Å². The maximum absolute atomic E-state index is 11.6. The Morgan fingerprint density at radius 1 is 1.22 bits per heavy atom. The van der Waals surface area contributed by atoms with Crippen LogP contribution in [0.5, 0.6) is 5.75 Å². The summed E-state index contributed by atoms with van der Waals surface area (Å²) in [4.78, 5) is 21.6. The predicted molar refractivity (Wildman–Crippen MR) is 85.8 cm³/mol. The predicted octanol–water partition coefficient (Wildman–Crippen LogP) is 2.78. The molecule has 0 fully saturated rings. The average Bonchev–Trinajstić information content (AvgIpc) is 2.55. The SMILES string of the molecule is O=C(COc1ccc([N+](=O)[O-])cc1)N/N=C/c1ccc(Cl)cc1. The lowest BCUT2D eigenvalue weighted by atomic mass is 10.2. The smallest absolute Gasteiger partial charge is 0.277 e. The van der Waals surface area contributed by atoms with E-state index in [9.17, 15) is 14.9 Å². The number of non-ortho nitro benzene ring substituents is 1. The van der Waals surface area contributed by atoms with Crippen molar-refractivity contribution in [1.29, 1.82) is 0 Å². The average molecular weight is 334 g/mol. The monoisotopic (exact) mass is 333 g/mol. The molecule has 0 atom stereocenters. The molecule has 0 radical (unpaired) electrons. The molecule has 7 nitrogen and oxygen atoms in total. The van der Waals surface area contributed by atoms with E-state index >= 15 is 0 Å². The summed E-state index contributed by atoms with van der Waals surface area (Å²) in [6, 6.07) is 12.4. The molecule has 0 spiro atoms. The van der Waals surface area contributed by atoms with Gasteiger partial charge in [-0.25, -0.2) is 5.43 Å². The Labute approximate surface area is 136 Å². The third-order valence-corrected chi connectivity index (χ3v) is 2.94. The summed E-state index contributed by atoms with van der Waals surface area (Å²) in [6.07, 6.45) is 1.47. The van der Waals surface area contributed by atoms with E-state index in [1.54, 1.807) is 24.3 Å². The minimum absolute atomic E-state index is 0.0469. The van der Waals surface area contributed by atoms with Gasteiger partial charge in [0.2, 0.25) is 0 Å². The highest BCUT2D eigenvalue weighted by atomic mass is 35.5. The first-order valence-electron chi connectivity index (χ1n) is 6.49. The van der Waals surface area contributed by atoms with E-state index in [0.29, 0.717) is 10.8 Å². The van der Waals surface area contributed by atoms with Crippen molar-refractivity contribution >= 4 is 29.4 Å². The number of rotatable bonds is 6. The normalized spacial score (nSPS) is 10.5. The molecule has 2 rings (SSSR count). The number of ether oxygens (including phenoxy) is 1. The molecule has 0 aliphatic rings. The quantitative estimate of drug-likeness (QED) is 0.499. The summed E-state index contributed by atoms with van der Waals surface area (Å²) in [7, 11) is 0. The van der Waals surface area contributed by atoms with E-state index in [-0.39, 0.29) is 12.3 Å². The molecule has 23 heavy (non-hydrogen) atoms. The molecule has 0 aromatic heterocycles. The Hall–Kier alpha value is -2.93. The Balaban J connectivity index is 1.78. The molecule has 2 aromatic rings. The molecule has 0 unspecified atom stereocenters. The van der Waals surface area contributed by atoms with Gasteiger partial charge in [-0.15, -0.1) is 0 Å². The van der Waals surface area contributed by atoms with E-state index in [1.807, 2.05) is 0 Å². The molecule has 0 aliphatic carbocycles. The first-order chi connectivity index (χ1) is 11.0. The number of amides is 1. The number of nitro groups is 1. The number of hydrazone groups is 1. The number of hydrogen-bond donors (Lipinski definition) is 1. The van der Waals surface area contributed by atoms with Crippen molar-refractivity contribution in [2.45, 2.75) is 0 Å². The van der Waals surface area contributed by atoms with Crippen molar-refractivity contribution in [2.75, 3.05) is 6.61 Å². The summed E-state index contributed by atoms with van der Waals surface area (Å²) >= 11 is 5.75. The summed E-state index contributed by atoms with van der Waals surface area (Å²) < 4.78 is 5.20. The van der Waals surface area contributed by atoms with E-state index in [1.165, 1.54) is 30.5 Å². The van der Waals surface area contributed by atoms with Crippen LogP contribution in [0.15, 0.2) is 53.6 Å². The lowest BCUT2D eigenvalue weighted by Gasteiger charge is -2.04. The zero-order chi connectivity index (χ0) is 16.7. The van der Waals surface area contributed by atoms with Crippen LogP contribution in [0.1, 0.15) is 5.56 Å². The van der Waals surface area contributed by atoms with Crippen LogP contribution in [0.3, 0.4) is 0 Å². The second-order valence-electron chi connectivity index (χ2n) is 4.38. The van der Waals surface area contributed by atoms with Crippen molar-refractivity contribution in [3.05, 3.63) is 69.2 Å². The number of carbonyl (C=O) groups excluding carboxylic acids is 1. The molecule has 118 valence electrons. The molecule has 1 amide bonds. The van der Waals surface area contributed by atoms with Crippen molar-refractivity contribution in [1.82, 2.24) is 5.43 Å². The van der Waals surface area contributed by atoms with E-state index in [0.717, 1.165) is 5.56 Å². The fraction of sp³-hybridized carbons (Fsp3) is 0.0667. The molecule has 0 heterocycles. The van der Waals surface area contributed by atoms with Crippen LogP contribution >= 0.6 is 11.6 Å². The molecule has 0 bridgehead atoms. The minimum Gasteiger partial charge on any atom is -0.484 e. The zero-order valence-electron chi connectivity index (χ0n) is 11.8. The maximum atomic E-state index is 11.6. The standard InChI is InChI=1S/C15H12ClN3O4/c16-12-3-1-11(2-4-12)9-17-18-15(20)10-23-14-7-5-13(6-8-14)19(21)22/h1-9H,10H2,(H,18,20)/b17-9+. The van der Waals surface area contributed by atoms with E-state index < -0.39 is 10.8 Å². The lowest BCUT2D eigenvalue weighted by molar-refractivity contribution is -0.384. The van der Waals surface area contributed by atoms with Crippen LogP contribution in [-0.4, -0.2) is 23.7 Å². The van der Waals surface area contributed by atoms with Gasteiger partial charge in [-0.1, -0.05) is 23.7 Å². The first kappa shape index (κ1) is 16.4. The van der Waals surface area contributed by atoms with Gasteiger partial charge in [-0.3, -0.25) is 14.9 Å². The summed E-state index contributed by atoms with van der Waals surface area (Å²) in [5.41, 5.74) is 3.05. The lowest BCUT2D eigenvalue weighted by Crippen LogP contribution is -2.24. The Kier molecular flexibility index (Phi) is 5.65. The third kappa shape index (κ3) is 5.40. The van der Waals surface area contributed by atoms with Crippen LogP contribution in [0.25, 0.3) is 0 Å². The second kappa shape index (κ2) is 7.90. The van der Waals surface area contributed by atoms with E-state index in [4.69, 9.17) is 16.3 Å². The van der Waals surface area contributed by atoms with Crippen LogP contribution in [-0.2, 0) is 4.79 Å². The van der Waals surface area contributed by atoms with Crippen molar-refractivity contribution in [3.8, 4) is 5.75 Å². The van der Waals surface area contributed by atoms with Gasteiger partial charge >= 0.3 is 0 Å². The second-order valence-corrected chi connectivity index (χ2v) is 4.82. The van der Waals surface area contributed by atoms with Gasteiger partial charge in [0.15, 0.2) is 6.61 Å².